The summed E-state index contributed by atoms with van der Waals surface area (Å²) < 4.78 is 5.87. The number of carbonyl (C=O) groups is 1. The van der Waals surface area contributed by atoms with Gasteiger partial charge in [-0.3, -0.25) is 9.69 Å². The van der Waals surface area contributed by atoms with Gasteiger partial charge in [-0.2, -0.15) is 0 Å². The largest absolute Gasteiger partial charge is 0.492 e. The molecule has 1 saturated heterocycles. The van der Waals surface area contributed by atoms with Gasteiger partial charge in [0.1, 0.15) is 12.4 Å². The van der Waals surface area contributed by atoms with Crippen LogP contribution >= 0.6 is 0 Å². The number of ether oxygens (including phenoxy) is 1. The van der Waals surface area contributed by atoms with Crippen LogP contribution in [0.2, 0.25) is 0 Å². The fourth-order valence-electron chi connectivity index (χ4n) is 4.08. The van der Waals surface area contributed by atoms with Crippen LogP contribution in [0.25, 0.3) is 0 Å². The molecular formula is C21H32N2O2. The van der Waals surface area contributed by atoms with Gasteiger partial charge in [-0.15, -0.1) is 0 Å². The van der Waals surface area contributed by atoms with Crippen LogP contribution in [-0.4, -0.2) is 37.0 Å². The van der Waals surface area contributed by atoms with Gasteiger partial charge in [0.25, 0.3) is 0 Å². The van der Waals surface area contributed by atoms with E-state index in [-0.39, 0.29) is 11.3 Å². The number of nitrogens with zero attached hydrogens (tertiary/aromatic N) is 1. The second-order valence-electron chi connectivity index (χ2n) is 8.14. The first-order valence-electron chi connectivity index (χ1n) is 9.82. The standard InChI is InChI=1S/C21H32N2O2/c1-17-6-5-13-23(16-17)14-15-25-19-9-7-18(8-10-19)22-20(24)21(2)11-3-4-12-21/h7-10,17H,3-6,11-16H2,1-2H3,(H,22,24). The fraction of sp³-hybridized carbons (Fsp3) is 0.667. The molecule has 1 N–H and O–H groups in total. The third-order valence-corrected chi connectivity index (χ3v) is 5.78. The zero-order chi connectivity index (χ0) is 17.7. The molecule has 0 bridgehead atoms. The lowest BCUT2D eigenvalue weighted by Crippen LogP contribution is -2.37. The molecule has 1 aromatic rings. The molecule has 1 aliphatic carbocycles. The molecule has 2 fully saturated rings. The Labute approximate surface area is 151 Å². The van der Waals surface area contributed by atoms with Crippen LogP contribution in [0.1, 0.15) is 52.4 Å². The van der Waals surface area contributed by atoms with Gasteiger partial charge in [-0.05, 0) is 62.4 Å². The second-order valence-corrected chi connectivity index (χ2v) is 8.14. The topological polar surface area (TPSA) is 41.6 Å². The molecule has 3 rings (SSSR count). The first-order chi connectivity index (χ1) is 12.0. The Bertz CT molecular complexity index is 564. The third-order valence-electron chi connectivity index (χ3n) is 5.78. The quantitative estimate of drug-likeness (QED) is 0.836. The highest BCUT2D eigenvalue weighted by Gasteiger charge is 2.36. The van der Waals surface area contributed by atoms with E-state index in [9.17, 15) is 4.79 Å². The number of benzene rings is 1. The molecule has 0 radical (unpaired) electrons. The van der Waals surface area contributed by atoms with Gasteiger partial charge < -0.3 is 10.1 Å². The van der Waals surface area contributed by atoms with Crippen molar-refractivity contribution in [3.8, 4) is 5.75 Å². The summed E-state index contributed by atoms with van der Waals surface area (Å²) in [5.74, 6) is 1.83. The zero-order valence-corrected chi connectivity index (χ0v) is 15.7. The van der Waals surface area contributed by atoms with E-state index in [2.05, 4.69) is 24.1 Å². The van der Waals surface area contributed by atoms with E-state index in [4.69, 9.17) is 4.74 Å². The summed E-state index contributed by atoms with van der Waals surface area (Å²) in [5, 5.41) is 3.06. The Morgan fingerprint density at radius 3 is 2.64 bits per heavy atom. The smallest absolute Gasteiger partial charge is 0.230 e. The molecule has 0 spiro atoms. The maximum atomic E-state index is 12.4. The molecule has 25 heavy (non-hydrogen) atoms. The minimum absolute atomic E-state index is 0.151. The average molecular weight is 344 g/mol. The van der Waals surface area contributed by atoms with Crippen molar-refractivity contribution in [1.82, 2.24) is 4.90 Å². The molecule has 1 aliphatic heterocycles. The Morgan fingerprint density at radius 2 is 1.96 bits per heavy atom. The van der Waals surface area contributed by atoms with E-state index in [0.29, 0.717) is 0 Å². The molecule has 2 aliphatic rings. The number of piperidine rings is 1. The molecule has 4 heteroatoms. The number of nitrogens with one attached hydrogen (secondary N) is 1. The van der Waals surface area contributed by atoms with Gasteiger partial charge in [0, 0.05) is 24.2 Å². The van der Waals surface area contributed by atoms with Crippen LogP contribution in [0.4, 0.5) is 5.69 Å². The molecule has 1 heterocycles. The van der Waals surface area contributed by atoms with Crippen molar-refractivity contribution in [1.29, 1.82) is 0 Å². The average Bonchev–Trinajstić information content (AvgIpc) is 3.05. The summed E-state index contributed by atoms with van der Waals surface area (Å²) in [6, 6.07) is 7.78. The number of hydrogen-bond acceptors (Lipinski definition) is 3. The molecule has 1 aromatic carbocycles. The van der Waals surface area contributed by atoms with Crippen molar-refractivity contribution in [3.63, 3.8) is 0 Å². The summed E-state index contributed by atoms with van der Waals surface area (Å²) in [5.41, 5.74) is 0.663. The first-order valence-corrected chi connectivity index (χ1v) is 9.82. The molecule has 1 atom stereocenters. The van der Waals surface area contributed by atoms with E-state index >= 15 is 0 Å². The summed E-state index contributed by atoms with van der Waals surface area (Å²) in [6.07, 6.45) is 6.96. The summed E-state index contributed by atoms with van der Waals surface area (Å²) >= 11 is 0. The van der Waals surface area contributed by atoms with E-state index < -0.39 is 0 Å². The van der Waals surface area contributed by atoms with Crippen LogP contribution in [-0.2, 0) is 4.79 Å². The highest BCUT2D eigenvalue weighted by molar-refractivity contribution is 5.95. The van der Waals surface area contributed by atoms with Gasteiger partial charge in [-0.25, -0.2) is 0 Å². The number of anilines is 1. The Hall–Kier alpha value is -1.55. The zero-order valence-electron chi connectivity index (χ0n) is 15.7. The van der Waals surface area contributed by atoms with E-state index in [1.54, 1.807) is 0 Å². The van der Waals surface area contributed by atoms with Crippen molar-refractivity contribution in [2.24, 2.45) is 11.3 Å². The number of rotatable bonds is 6. The Kier molecular flexibility index (Phi) is 6.00. The minimum atomic E-state index is -0.194. The third kappa shape index (κ3) is 4.97. The predicted molar refractivity (Wildman–Crippen MR) is 102 cm³/mol. The first kappa shape index (κ1) is 18.2. The summed E-state index contributed by atoms with van der Waals surface area (Å²) in [4.78, 5) is 14.9. The maximum absolute atomic E-state index is 12.4. The summed E-state index contributed by atoms with van der Waals surface area (Å²) in [6.45, 7) is 8.49. The highest BCUT2D eigenvalue weighted by atomic mass is 16.5. The van der Waals surface area contributed by atoms with Gasteiger partial charge in [0.15, 0.2) is 0 Å². The lowest BCUT2D eigenvalue weighted by molar-refractivity contribution is -0.124. The fourth-order valence-corrected chi connectivity index (χ4v) is 4.08. The molecule has 4 nitrogen and oxygen atoms in total. The molecular weight excluding hydrogens is 312 g/mol. The SMILES string of the molecule is CC1CCCN(CCOc2ccc(NC(=O)C3(C)CCCC3)cc2)C1. The lowest BCUT2D eigenvalue weighted by Gasteiger charge is -2.30. The monoisotopic (exact) mass is 344 g/mol. The lowest BCUT2D eigenvalue weighted by atomic mass is 9.88. The highest BCUT2D eigenvalue weighted by Crippen LogP contribution is 2.38. The van der Waals surface area contributed by atoms with E-state index in [1.165, 1.54) is 25.9 Å². The van der Waals surface area contributed by atoms with E-state index in [1.807, 2.05) is 24.3 Å². The molecule has 138 valence electrons. The van der Waals surface area contributed by atoms with Crippen LogP contribution in [0.5, 0.6) is 5.75 Å². The minimum Gasteiger partial charge on any atom is -0.492 e. The Morgan fingerprint density at radius 1 is 1.24 bits per heavy atom. The molecule has 0 aromatic heterocycles. The number of hydrogen-bond donors (Lipinski definition) is 1. The van der Waals surface area contributed by atoms with Crippen molar-refractivity contribution in [3.05, 3.63) is 24.3 Å². The van der Waals surface area contributed by atoms with Crippen molar-refractivity contribution < 1.29 is 9.53 Å². The van der Waals surface area contributed by atoms with Crippen molar-refractivity contribution in [2.45, 2.75) is 52.4 Å². The van der Waals surface area contributed by atoms with Crippen LogP contribution in [0.3, 0.4) is 0 Å². The van der Waals surface area contributed by atoms with Crippen LogP contribution in [0.15, 0.2) is 24.3 Å². The van der Waals surface area contributed by atoms with Crippen molar-refractivity contribution >= 4 is 11.6 Å². The Balaban J connectivity index is 1.43. The normalized spacial score (nSPS) is 23.4. The molecule has 1 saturated carbocycles. The summed E-state index contributed by atoms with van der Waals surface area (Å²) in [7, 11) is 0. The number of likely N-dealkylation sites (tertiary alicyclic amines) is 1. The predicted octanol–water partition coefficient (Wildman–Crippen LogP) is 4.32. The van der Waals surface area contributed by atoms with Crippen LogP contribution < -0.4 is 10.1 Å². The maximum Gasteiger partial charge on any atom is 0.230 e. The number of carbonyl (C=O) groups excluding carboxylic acids is 1. The van der Waals surface area contributed by atoms with Gasteiger partial charge in [-0.1, -0.05) is 26.7 Å². The van der Waals surface area contributed by atoms with E-state index in [0.717, 1.165) is 56.2 Å². The molecule has 1 amide bonds. The van der Waals surface area contributed by atoms with Crippen molar-refractivity contribution in [2.75, 3.05) is 31.6 Å². The van der Waals surface area contributed by atoms with Gasteiger partial charge in [0.2, 0.25) is 5.91 Å². The molecule has 1 unspecified atom stereocenters. The van der Waals surface area contributed by atoms with Crippen LogP contribution in [0, 0.1) is 11.3 Å². The van der Waals surface area contributed by atoms with Gasteiger partial charge in [0.05, 0.1) is 0 Å². The number of amides is 1. The van der Waals surface area contributed by atoms with Gasteiger partial charge >= 0.3 is 0 Å². The second kappa shape index (κ2) is 8.22.